The molecule has 2 aromatic heterocycles. The minimum absolute atomic E-state index is 0.122. The first kappa shape index (κ1) is 25.5. The zero-order valence-electron chi connectivity index (χ0n) is 18.5. The fourth-order valence-electron chi connectivity index (χ4n) is 3.68. The topological polar surface area (TPSA) is 130 Å². The van der Waals surface area contributed by atoms with Crippen LogP contribution in [0.2, 0.25) is 0 Å². The van der Waals surface area contributed by atoms with Crippen LogP contribution in [0.5, 0.6) is 0 Å². The number of thioether (sulfide) groups is 2. The van der Waals surface area contributed by atoms with Crippen molar-refractivity contribution in [3.63, 3.8) is 0 Å². The number of carboxylic acid groups (broad SMARTS) is 1. The van der Waals surface area contributed by atoms with Crippen LogP contribution in [0.25, 0.3) is 0 Å². The predicted octanol–water partition coefficient (Wildman–Crippen LogP) is 2.46. The van der Waals surface area contributed by atoms with Crippen LogP contribution in [-0.2, 0) is 20.6 Å². The van der Waals surface area contributed by atoms with E-state index >= 15 is 0 Å². The van der Waals surface area contributed by atoms with Gasteiger partial charge in [0.15, 0.2) is 10.0 Å². The Hall–Kier alpha value is -2.59. The maximum absolute atomic E-state index is 13.0. The van der Waals surface area contributed by atoms with E-state index < -0.39 is 47.1 Å². The van der Waals surface area contributed by atoms with Gasteiger partial charge in [-0.1, -0.05) is 23.1 Å². The molecule has 0 unspecified atom stereocenters. The van der Waals surface area contributed by atoms with Crippen LogP contribution in [0.15, 0.2) is 21.7 Å². The van der Waals surface area contributed by atoms with Crippen molar-refractivity contribution in [3.05, 3.63) is 33.7 Å². The molecule has 4 heterocycles. The number of carbonyl (C=O) groups is 3. The zero-order chi connectivity index (χ0) is 25.7. The fourth-order valence-corrected chi connectivity index (χ4v) is 6.98. The van der Waals surface area contributed by atoms with Gasteiger partial charge in [-0.2, -0.15) is 18.3 Å². The lowest BCUT2D eigenvalue weighted by atomic mass is 10.0. The van der Waals surface area contributed by atoms with Gasteiger partial charge < -0.3 is 10.4 Å². The summed E-state index contributed by atoms with van der Waals surface area (Å²) in [4.78, 5) is 38.7. The molecular weight excluding hydrogens is 529 g/mol. The monoisotopic (exact) mass is 548 g/mol. The summed E-state index contributed by atoms with van der Waals surface area (Å²) in [5, 5.41) is 23.9. The Balaban J connectivity index is 1.46. The number of aromatic nitrogens is 4. The summed E-state index contributed by atoms with van der Waals surface area (Å²) >= 11 is 4.01. The number of nitrogens with zero attached hydrogens (tertiary/aromatic N) is 5. The van der Waals surface area contributed by atoms with Gasteiger partial charge in [0, 0.05) is 17.2 Å². The number of nitrogens with one attached hydrogen (secondary N) is 1. The van der Waals surface area contributed by atoms with E-state index in [1.165, 1.54) is 48.7 Å². The van der Waals surface area contributed by atoms with Crippen LogP contribution in [0.1, 0.15) is 29.4 Å². The minimum Gasteiger partial charge on any atom is -0.477 e. The standard InChI is InChI=1S/C19H19F3N6O4S3/c1-7-4-11(19(20,21)22)26-28(7)8(2)14(29)23-12-15(30)27-13(17(31)32)10(5-33-16(12)27)6-34-18-25-24-9(3)35-18/h4,8,12,16H,5-6H2,1-3H3,(H,23,29)(H,31,32)/t8-,12-,16-/m0/s1. The molecule has 16 heteroatoms. The van der Waals surface area contributed by atoms with E-state index in [2.05, 4.69) is 20.6 Å². The molecule has 0 saturated carbocycles. The summed E-state index contributed by atoms with van der Waals surface area (Å²) in [5.41, 5.74) is -0.551. The molecule has 2 aromatic rings. The van der Waals surface area contributed by atoms with Crippen LogP contribution in [0.4, 0.5) is 13.2 Å². The molecule has 0 spiro atoms. The highest BCUT2D eigenvalue weighted by Gasteiger charge is 2.54. The first-order valence-electron chi connectivity index (χ1n) is 10.1. The van der Waals surface area contributed by atoms with E-state index in [4.69, 9.17) is 0 Å². The van der Waals surface area contributed by atoms with Gasteiger partial charge in [0.05, 0.1) is 0 Å². The second-order valence-corrected chi connectivity index (χ2v) is 11.3. The van der Waals surface area contributed by atoms with Crippen molar-refractivity contribution < 1.29 is 32.7 Å². The Morgan fingerprint density at radius 2 is 2.06 bits per heavy atom. The van der Waals surface area contributed by atoms with Crippen molar-refractivity contribution >= 4 is 52.6 Å². The second-order valence-electron chi connectivity index (χ2n) is 7.82. The summed E-state index contributed by atoms with van der Waals surface area (Å²) in [5.74, 6) is -1.90. The van der Waals surface area contributed by atoms with E-state index in [0.717, 1.165) is 20.7 Å². The molecule has 4 rings (SSSR count). The van der Waals surface area contributed by atoms with Crippen molar-refractivity contribution in [3.8, 4) is 0 Å². The number of rotatable bonds is 7. The van der Waals surface area contributed by atoms with Gasteiger partial charge in [-0.15, -0.1) is 22.0 Å². The maximum Gasteiger partial charge on any atom is 0.435 e. The van der Waals surface area contributed by atoms with E-state index in [1.807, 2.05) is 6.92 Å². The molecule has 35 heavy (non-hydrogen) atoms. The summed E-state index contributed by atoms with van der Waals surface area (Å²) in [6.07, 6.45) is -4.65. The Kier molecular flexibility index (Phi) is 6.89. The van der Waals surface area contributed by atoms with Gasteiger partial charge in [-0.05, 0) is 32.4 Å². The van der Waals surface area contributed by atoms with E-state index in [-0.39, 0.29) is 11.4 Å². The van der Waals surface area contributed by atoms with Crippen molar-refractivity contribution in [2.45, 2.75) is 48.7 Å². The molecule has 2 N–H and O–H groups in total. The van der Waals surface area contributed by atoms with Crippen LogP contribution in [-0.4, -0.2) is 70.7 Å². The van der Waals surface area contributed by atoms with Gasteiger partial charge in [-0.3, -0.25) is 19.2 Å². The molecule has 2 amide bonds. The largest absolute Gasteiger partial charge is 0.477 e. The molecule has 0 bridgehead atoms. The number of aryl methyl sites for hydroxylation is 2. The SMILES string of the molecule is Cc1nnc(SCC2=C(C(=O)O)N3C(=O)[C@H](NC(=O)[C@H](C)n4nc(C(F)(F)F)cc4C)[C@@H]3SC2)s1. The number of hydrogen-bond acceptors (Lipinski definition) is 9. The molecule has 188 valence electrons. The summed E-state index contributed by atoms with van der Waals surface area (Å²) in [6.45, 7) is 4.57. The highest BCUT2D eigenvalue weighted by atomic mass is 32.2. The molecular formula is C19H19F3N6O4S3. The summed E-state index contributed by atoms with van der Waals surface area (Å²) < 4.78 is 40.5. The second kappa shape index (κ2) is 9.46. The van der Waals surface area contributed by atoms with Crippen LogP contribution in [0.3, 0.4) is 0 Å². The number of carboxylic acids is 1. The van der Waals surface area contributed by atoms with Crippen molar-refractivity contribution in [2.24, 2.45) is 0 Å². The number of amides is 2. The third kappa shape index (κ3) is 4.91. The molecule has 1 saturated heterocycles. The van der Waals surface area contributed by atoms with E-state index in [0.29, 0.717) is 21.4 Å². The Morgan fingerprint density at radius 3 is 2.63 bits per heavy atom. The lowest BCUT2D eigenvalue weighted by Gasteiger charge is -2.49. The van der Waals surface area contributed by atoms with Crippen LogP contribution < -0.4 is 5.32 Å². The Labute approximate surface area is 209 Å². The number of aliphatic carboxylic acids is 1. The summed E-state index contributed by atoms with van der Waals surface area (Å²) in [6, 6.07) is -1.27. The quantitative estimate of drug-likeness (QED) is 0.396. The molecule has 10 nitrogen and oxygen atoms in total. The van der Waals surface area contributed by atoms with Gasteiger partial charge in [-0.25, -0.2) is 4.79 Å². The molecule has 0 radical (unpaired) electrons. The van der Waals surface area contributed by atoms with Gasteiger partial charge in [0.2, 0.25) is 5.91 Å². The average Bonchev–Trinajstić information content (AvgIpc) is 3.39. The number of alkyl halides is 3. The first-order chi connectivity index (χ1) is 16.4. The number of halogens is 3. The van der Waals surface area contributed by atoms with E-state index in [1.54, 1.807) is 0 Å². The lowest BCUT2D eigenvalue weighted by Crippen LogP contribution is -2.71. The molecule has 0 aromatic carbocycles. The molecule has 2 aliphatic rings. The number of hydrogen-bond donors (Lipinski definition) is 2. The molecule has 1 fully saturated rings. The van der Waals surface area contributed by atoms with Crippen LogP contribution in [0, 0.1) is 13.8 Å². The average molecular weight is 549 g/mol. The number of carbonyl (C=O) groups excluding carboxylic acids is 2. The van der Waals surface area contributed by atoms with Gasteiger partial charge in [0.25, 0.3) is 5.91 Å². The lowest BCUT2D eigenvalue weighted by molar-refractivity contribution is -0.151. The highest BCUT2D eigenvalue weighted by molar-refractivity contribution is 8.01. The fraction of sp³-hybridized carbons (Fsp3) is 0.474. The smallest absolute Gasteiger partial charge is 0.435 e. The normalized spacial score (nSPS) is 21.0. The zero-order valence-corrected chi connectivity index (χ0v) is 20.9. The van der Waals surface area contributed by atoms with E-state index in [9.17, 15) is 32.7 Å². The Morgan fingerprint density at radius 1 is 1.34 bits per heavy atom. The maximum atomic E-state index is 13.0. The van der Waals surface area contributed by atoms with Crippen LogP contribution >= 0.6 is 34.9 Å². The molecule has 3 atom stereocenters. The Bertz CT molecular complexity index is 1230. The molecule has 0 aliphatic carbocycles. The van der Waals surface area contributed by atoms with Crippen molar-refractivity contribution in [1.29, 1.82) is 0 Å². The van der Waals surface area contributed by atoms with Crippen molar-refractivity contribution in [2.75, 3.05) is 11.5 Å². The first-order valence-corrected chi connectivity index (χ1v) is 13.0. The van der Waals surface area contributed by atoms with Gasteiger partial charge in [0.1, 0.15) is 28.2 Å². The number of fused-ring (bicyclic) bond motifs is 1. The van der Waals surface area contributed by atoms with Crippen molar-refractivity contribution in [1.82, 2.24) is 30.2 Å². The third-order valence-corrected chi connectivity index (χ3v) is 8.78. The highest BCUT2D eigenvalue weighted by Crippen LogP contribution is 2.42. The summed E-state index contributed by atoms with van der Waals surface area (Å²) in [7, 11) is 0. The van der Waals surface area contributed by atoms with Gasteiger partial charge >= 0.3 is 12.1 Å². The number of β-lactam (4-membered cyclic amide) rings is 1. The molecule has 2 aliphatic heterocycles. The third-order valence-electron chi connectivity index (χ3n) is 5.38. The predicted molar refractivity (Wildman–Crippen MR) is 122 cm³/mol. The minimum atomic E-state index is -4.65.